The number of nitro benzene ring substituents is 1. The zero-order chi connectivity index (χ0) is 17.1. The molecular formula is C14H4Cl3N3O3. The van der Waals surface area contributed by atoms with E-state index >= 15 is 0 Å². The van der Waals surface area contributed by atoms with Gasteiger partial charge in [0.25, 0.3) is 0 Å². The van der Waals surface area contributed by atoms with Crippen LogP contribution in [0.15, 0.2) is 24.3 Å². The van der Waals surface area contributed by atoms with Crippen molar-refractivity contribution in [2.45, 2.75) is 0 Å². The van der Waals surface area contributed by atoms with Crippen LogP contribution in [0.3, 0.4) is 0 Å². The van der Waals surface area contributed by atoms with Gasteiger partial charge in [-0.2, -0.15) is 10.5 Å². The quantitative estimate of drug-likeness (QED) is 0.426. The van der Waals surface area contributed by atoms with E-state index < -0.39 is 10.6 Å². The molecule has 0 aliphatic rings. The Kier molecular flexibility index (Phi) is 4.92. The number of nitro groups is 1. The molecule has 0 radical (unpaired) electrons. The van der Waals surface area contributed by atoms with Crippen LogP contribution in [-0.4, -0.2) is 4.92 Å². The van der Waals surface area contributed by atoms with Gasteiger partial charge in [0.05, 0.1) is 31.1 Å². The Bertz CT molecular complexity index is 901. The molecular weight excluding hydrogens is 365 g/mol. The average Bonchev–Trinajstić information content (AvgIpc) is 2.51. The van der Waals surface area contributed by atoms with Crippen LogP contribution >= 0.6 is 34.8 Å². The van der Waals surface area contributed by atoms with E-state index in [0.717, 1.165) is 12.1 Å². The maximum atomic E-state index is 11.1. The highest BCUT2D eigenvalue weighted by Crippen LogP contribution is 2.39. The van der Waals surface area contributed by atoms with E-state index in [-0.39, 0.29) is 37.7 Å². The van der Waals surface area contributed by atoms with E-state index in [1.54, 1.807) is 12.1 Å². The molecule has 9 heteroatoms. The van der Waals surface area contributed by atoms with Gasteiger partial charge in [0.2, 0.25) is 5.75 Å². The fourth-order valence-corrected chi connectivity index (χ4v) is 2.25. The lowest BCUT2D eigenvalue weighted by molar-refractivity contribution is -0.385. The average molecular weight is 369 g/mol. The highest BCUT2D eigenvalue weighted by Gasteiger charge is 2.21. The third-order valence-electron chi connectivity index (χ3n) is 2.73. The summed E-state index contributed by atoms with van der Waals surface area (Å²) >= 11 is 17.6. The largest absolute Gasteiger partial charge is 0.448 e. The van der Waals surface area contributed by atoms with Gasteiger partial charge in [0.15, 0.2) is 0 Å². The Morgan fingerprint density at radius 3 is 2.04 bits per heavy atom. The van der Waals surface area contributed by atoms with Crippen molar-refractivity contribution in [3.8, 4) is 23.6 Å². The zero-order valence-electron chi connectivity index (χ0n) is 11.0. The molecule has 2 rings (SSSR count). The van der Waals surface area contributed by atoms with E-state index in [1.807, 2.05) is 0 Å². The van der Waals surface area contributed by atoms with Crippen LogP contribution in [0.25, 0.3) is 0 Å². The van der Waals surface area contributed by atoms with Crippen molar-refractivity contribution < 1.29 is 9.66 Å². The number of rotatable bonds is 3. The third-order valence-corrected chi connectivity index (χ3v) is 3.75. The minimum absolute atomic E-state index is 0.0257. The Hall–Kier alpha value is -2.51. The first kappa shape index (κ1) is 16.9. The van der Waals surface area contributed by atoms with Gasteiger partial charge < -0.3 is 4.74 Å². The van der Waals surface area contributed by atoms with Crippen molar-refractivity contribution in [1.29, 1.82) is 10.5 Å². The fraction of sp³-hybridized carbons (Fsp3) is 0. The van der Waals surface area contributed by atoms with Crippen molar-refractivity contribution in [1.82, 2.24) is 0 Å². The molecule has 0 aromatic heterocycles. The van der Waals surface area contributed by atoms with E-state index in [4.69, 9.17) is 50.1 Å². The molecule has 0 heterocycles. The first-order valence-electron chi connectivity index (χ1n) is 5.82. The summed E-state index contributed by atoms with van der Waals surface area (Å²) in [7, 11) is 0. The molecule has 0 saturated heterocycles. The van der Waals surface area contributed by atoms with Gasteiger partial charge in [-0.1, -0.05) is 34.8 Å². The second-order valence-corrected chi connectivity index (χ2v) is 5.37. The van der Waals surface area contributed by atoms with Crippen LogP contribution in [0.1, 0.15) is 11.1 Å². The number of halogens is 3. The topological polar surface area (TPSA) is 99.9 Å². The Morgan fingerprint density at radius 1 is 0.913 bits per heavy atom. The zero-order valence-corrected chi connectivity index (χ0v) is 13.3. The predicted molar refractivity (Wildman–Crippen MR) is 84.1 cm³/mol. The monoisotopic (exact) mass is 367 g/mol. The molecule has 0 aliphatic carbocycles. The van der Waals surface area contributed by atoms with E-state index in [2.05, 4.69) is 0 Å². The van der Waals surface area contributed by atoms with Crippen LogP contribution in [0.5, 0.6) is 11.5 Å². The summed E-state index contributed by atoms with van der Waals surface area (Å²) in [5, 5.41) is 29.5. The summed E-state index contributed by atoms with van der Waals surface area (Å²) in [4.78, 5) is 10.4. The normalized spacial score (nSPS) is 9.78. The fourth-order valence-electron chi connectivity index (χ4n) is 1.68. The molecule has 6 nitrogen and oxygen atoms in total. The van der Waals surface area contributed by atoms with Crippen LogP contribution in [0.2, 0.25) is 15.1 Å². The molecule has 0 bridgehead atoms. The van der Waals surface area contributed by atoms with Gasteiger partial charge in [-0.05, 0) is 6.07 Å². The number of benzene rings is 2. The van der Waals surface area contributed by atoms with Gasteiger partial charge in [-0.25, -0.2) is 0 Å². The lowest BCUT2D eigenvalue weighted by Crippen LogP contribution is -1.97. The molecule has 0 fully saturated rings. The molecule has 0 N–H and O–H groups in total. The lowest BCUT2D eigenvalue weighted by Gasteiger charge is -2.10. The van der Waals surface area contributed by atoms with E-state index in [9.17, 15) is 10.1 Å². The molecule has 0 saturated carbocycles. The van der Waals surface area contributed by atoms with Gasteiger partial charge in [0.1, 0.15) is 17.9 Å². The summed E-state index contributed by atoms with van der Waals surface area (Å²) in [6.45, 7) is 0. The summed E-state index contributed by atoms with van der Waals surface area (Å²) in [5.41, 5.74) is -0.682. The number of nitriles is 2. The van der Waals surface area contributed by atoms with Crippen LogP contribution in [0.4, 0.5) is 5.69 Å². The van der Waals surface area contributed by atoms with Crippen molar-refractivity contribution in [2.75, 3.05) is 0 Å². The third kappa shape index (κ3) is 3.46. The number of nitrogens with zero attached hydrogens (tertiary/aromatic N) is 3. The Balaban J connectivity index is 2.60. The maximum absolute atomic E-state index is 11.1. The highest BCUT2D eigenvalue weighted by molar-refractivity contribution is 6.43. The Labute approximate surface area is 145 Å². The summed E-state index contributed by atoms with van der Waals surface area (Å²) in [6.07, 6.45) is 0. The van der Waals surface area contributed by atoms with Crippen molar-refractivity contribution >= 4 is 40.5 Å². The first-order valence-corrected chi connectivity index (χ1v) is 6.95. The SMILES string of the molecule is N#Cc1cc(Oc2cc(Cl)c(Cl)cc2Cl)c([N+](=O)[O-])cc1C#N. The number of hydrogen-bond donors (Lipinski definition) is 0. The highest BCUT2D eigenvalue weighted by atomic mass is 35.5. The molecule has 2 aromatic carbocycles. The number of ether oxygens (including phenoxy) is 1. The second kappa shape index (κ2) is 6.72. The minimum Gasteiger partial charge on any atom is -0.448 e. The minimum atomic E-state index is -0.733. The van der Waals surface area contributed by atoms with Crippen molar-refractivity contribution in [2.24, 2.45) is 0 Å². The summed E-state index contributed by atoms with van der Waals surface area (Å²) < 4.78 is 5.40. The summed E-state index contributed by atoms with van der Waals surface area (Å²) in [5.74, 6) is -0.219. The van der Waals surface area contributed by atoms with Gasteiger partial charge in [-0.15, -0.1) is 0 Å². The molecule has 0 spiro atoms. The standard InChI is InChI=1S/C14H4Cl3N3O3/c15-9-3-11(17)13(4-10(9)16)23-14-2-8(6-19)7(5-18)1-12(14)20(21)22/h1-4H. The van der Waals surface area contributed by atoms with E-state index in [0.29, 0.717) is 0 Å². The van der Waals surface area contributed by atoms with Gasteiger partial charge >= 0.3 is 5.69 Å². The van der Waals surface area contributed by atoms with Crippen molar-refractivity contribution in [3.63, 3.8) is 0 Å². The molecule has 2 aromatic rings. The molecule has 23 heavy (non-hydrogen) atoms. The molecule has 0 aliphatic heterocycles. The smallest absolute Gasteiger partial charge is 0.312 e. The molecule has 0 amide bonds. The van der Waals surface area contributed by atoms with Crippen LogP contribution < -0.4 is 4.74 Å². The lowest BCUT2D eigenvalue weighted by atomic mass is 10.1. The second-order valence-electron chi connectivity index (χ2n) is 4.15. The van der Waals surface area contributed by atoms with Crippen LogP contribution in [0, 0.1) is 32.8 Å². The first-order chi connectivity index (χ1) is 10.9. The summed E-state index contributed by atoms with van der Waals surface area (Å²) in [6, 6.07) is 8.15. The molecule has 114 valence electrons. The molecule has 0 unspecified atom stereocenters. The van der Waals surface area contributed by atoms with Gasteiger partial charge in [-0.3, -0.25) is 10.1 Å². The van der Waals surface area contributed by atoms with E-state index in [1.165, 1.54) is 12.1 Å². The number of hydrogen-bond acceptors (Lipinski definition) is 5. The predicted octanol–water partition coefficient (Wildman–Crippen LogP) is 5.09. The van der Waals surface area contributed by atoms with Gasteiger partial charge in [0, 0.05) is 18.2 Å². The maximum Gasteiger partial charge on any atom is 0.312 e. The molecule has 0 atom stereocenters. The Morgan fingerprint density at radius 2 is 1.48 bits per heavy atom. The van der Waals surface area contributed by atoms with Crippen molar-refractivity contribution in [3.05, 3.63) is 60.6 Å². The van der Waals surface area contributed by atoms with Crippen LogP contribution in [-0.2, 0) is 0 Å².